The number of anilines is 2. The minimum absolute atomic E-state index is 0.262. The highest BCUT2D eigenvalue weighted by Gasteiger charge is 2.13. The van der Waals surface area contributed by atoms with Crippen molar-refractivity contribution in [3.05, 3.63) is 88.4 Å². The van der Waals surface area contributed by atoms with Gasteiger partial charge in [-0.25, -0.2) is 9.78 Å². The number of benzene rings is 3. The van der Waals surface area contributed by atoms with Crippen LogP contribution in [-0.2, 0) is 6.54 Å². The van der Waals surface area contributed by atoms with Crippen LogP contribution in [-0.4, -0.2) is 16.9 Å². The molecule has 0 spiro atoms. The van der Waals surface area contributed by atoms with Crippen molar-refractivity contribution in [2.45, 2.75) is 13.5 Å². The standard InChI is InChI=1S/C23H19ClN4O2S/c1-14-6-5-9-17(24)20(14)27-21(29)16-10-11-18-19(12-16)31-23(26-18)28-22(30)25-13-15-7-3-2-4-8-15/h2-12H,13H2,1H3,(H,27,29)(H2,25,26,28,30). The molecule has 0 unspecified atom stereocenters. The molecule has 8 heteroatoms. The van der Waals surface area contributed by atoms with E-state index in [2.05, 4.69) is 20.9 Å². The number of fused-ring (bicyclic) bond motifs is 1. The molecule has 0 aliphatic carbocycles. The fraction of sp³-hybridized carbons (Fsp3) is 0.0870. The highest BCUT2D eigenvalue weighted by molar-refractivity contribution is 7.22. The number of halogens is 1. The van der Waals surface area contributed by atoms with E-state index in [0.717, 1.165) is 15.8 Å². The number of para-hydroxylation sites is 1. The largest absolute Gasteiger partial charge is 0.334 e. The van der Waals surface area contributed by atoms with Crippen LogP contribution in [0.4, 0.5) is 15.6 Å². The number of urea groups is 1. The SMILES string of the molecule is Cc1cccc(Cl)c1NC(=O)c1ccc2nc(NC(=O)NCc3ccccc3)sc2c1. The first-order valence-electron chi connectivity index (χ1n) is 9.55. The van der Waals surface area contributed by atoms with Crippen LogP contribution in [0.25, 0.3) is 10.2 Å². The molecular weight excluding hydrogens is 432 g/mol. The van der Waals surface area contributed by atoms with E-state index < -0.39 is 0 Å². The smallest absolute Gasteiger partial charge is 0.321 e. The maximum absolute atomic E-state index is 12.7. The molecule has 156 valence electrons. The van der Waals surface area contributed by atoms with Gasteiger partial charge in [0.2, 0.25) is 0 Å². The van der Waals surface area contributed by atoms with Gasteiger partial charge in [-0.15, -0.1) is 0 Å². The molecule has 6 nitrogen and oxygen atoms in total. The van der Waals surface area contributed by atoms with Crippen molar-refractivity contribution < 1.29 is 9.59 Å². The number of carbonyl (C=O) groups is 2. The summed E-state index contributed by atoms with van der Waals surface area (Å²) in [6, 6.07) is 20.0. The Labute approximate surface area is 188 Å². The molecule has 0 fully saturated rings. The molecule has 4 rings (SSSR count). The Bertz CT molecular complexity index is 1240. The number of hydrogen-bond acceptors (Lipinski definition) is 4. The van der Waals surface area contributed by atoms with Gasteiger partial charge >= 0.3 is 6.03 Å². The molecule has 0 radical (unpaired) electrons. The monoisotopic (exact) mass is 450 g/mol. The predicted molar refractivity (Wildman–Crippen MR) is 126 cm³/mol. The average Bonchev–Trinajstić information content (AvgIpc) is 3.17. The molecule has 1 heterocycles. The number of amides is 3. The summed E-state index contributed by atoms with van der Waals surface area (Å²) in [7, 11) is 0. The number of aromatic nitrogens is 1. The Morgan fingerprint density at radius 3 is 2.58 bits per heavy atom. The molecule has 0 aliphatic rings. The van der Waals surface area contributed by atoms with Crippen LogP contribution in [0.15, 0.2) is 66.7 Å². The number of carbonyl (C=O) groups excluding carboxylic acids is 2. The lowest BCUT2D eigenvalue weighted by molar-refractivity contribution is 0.102. The zero-order valence-corrected chi connectivity index (χ0v) is 18.2. The van der Waals surface area contributed by atoms with Crippen LogP contribution >= 0.6 is 22.9 Å². The van der Waals surface area contributed by atoms with Crippen LogP contribution in [0.2, 0.25) is 5.02 Å². The molecule has 3 N–H and O–H groups in total. The second-order valence-corrected chi connectivity index (χ2v) is 8.32. The topological polar surface area (TPSA) is 83.1 Å². The first-order chi connectivity index (χ1) is 15.0. The third-order valence-electron chi connectivity index (χ3n) is 4.63. The second kappa shape index (κ2) is 9.16. The van der Waals surface area contributed by atoms with Crippen LogP contribution in [0.3, 0.4) is 0 Å². The summed E-state index contributed by atoms with van der Waals surface area (Å²) in [6.45, 7) is 2.30. The van der Waals surface area contributed by atoms with Crippen LogP contribution in [0.1, 0.15) is 21.5 Å². The van der Waals surface area contributed by atoms with Crippen LogP contribution in [0.5, 0.6) is 0 Å². The van der Waals surface area contributed by atoms with Gasteiger partial charge in [0.1, 0.15) is 0 Å². The fourth-order valence-corrected chi connectivity index (χ4v) is 4.18. The third kappa shape index (κ3) is 5.02. The molecule has 3 amide bonds. The van der Waals surface area contributed by atoms with E-state index in [-0.39, 0.29) is 11.9 Å². The Kier molecular flexibility index (Phi) is 6.16. The zero-order valence-electron chi connectivity index (χ0n) is 16.6. The number of nitrogens with one attached hydrogen (secondary N) is 3. The van der Waals surface area contributed by atoms with E-state index in [0.29, 0.717) is 33.5 Å². The summed E-state index contributed by atoms with van der Waals surface area (Å²) >= 11 is 7.51. The quantitative estimate of drug-likeness (QED) is 0.357. The fourth-order valence-electron chi connectivity index (χ4n) is 3.01. The lowest BCUT2D eigenvalue weighted by Crippen LogP contribution is -2.28. The molecule has 0 aliphatic heterocycles. The van der Waals surface area contributed by atoms with Gasteiger partial charge in [-0.3, -0.25) is 10.1 Å². The van der Waals surface area contributed by atoms with Gasteiger partial charge in [-0.05, 0) is 42.3 Å². The molecule has 0 saturated carbocycles. The predicted octanol–water partition coefficient (Wildman–Crippen LogP) is 5.83. The second-order valence-electron chi connectivity index (χ2n) is 6.88. The van der Waals surface area contributed by atoms with Gasteiger partial charge in [-0.2, -0.15) is 0 Å². The van der Waals surface area contributed by atoms with Gasteiger partial charge in [0.25, 0.3) is 5.91 Å². The number of nitrogens with zero attached hydrogens (tertiary/aromatic N) is 1. The highest BCUT2D eigenvalue weighted by atomic mass is 35.5. The average molecular weight is 451 g/mol. The molecule has 0 atom stereocenters. The van der Waals surface area contributed by atoms with Crippen molar-refractivity contribution in [3.8, 4) is 0 Å². The minimum atomic E-state index is -0.338. The molecule has 4 aromatic rings. The van der Waals surface area contributed by atoms with Crippen molar-refractivity contribution in [2.24, 2.45) is 0 Å². The Morgan fingerprint density at radius 2 is 1.81 bits per heavy atom. The Morgan fingerprint density at radius 1 is 1.00 bits per heavy atom. The van der Waals surface area contributed by atoms with Crippen LogP contribution < -0.4 is 16.0 Å². The first kappa shape index (κ1) is 20.8. The minimum Gasteiger partial charge on any atom is -0.334 e. The van der Waals surface area contributed by atoms with Gasteiger partial charge in [0.15, 0.2) is 5.13 Å². The summed E-state index contributed by atoms with van der Waals surface area (Å²) in [5, 5.41) is 9.35. The molecule has 0 saturated heterocycles. The van der Waals surface area contributed by atoms with E-state index in [1.54, 1.807) is 24.3 Å². The van der Waals surface area contributed by atoms with Gasteiger partial charge in [0, 0.05) is 12.1 Å². The summed E-state index contributed by atoms with van der Waals surface area (Å²) in [4.78, 5) is 29.3. The van der Waals surface area contributed by atoms with Gasteiger partial charge in [0.05, 0.1) is 20.9 Å². The number of rotatable bonds is 5. The van der Waals surface area contributed by atoms with Gasteiger partial charge < -0.3 is 10.6 Å². The summed E-state index contributed by atoms with van der Waals surface area (Å²) in [5.41, 5.74) is 3.67. The molecule has 0 bridgehead atoms. The molecule has 1 aromatic heterocycles. The highest BCUT2D eigenvalue weighted by Crippen LogP contribution is 2.29. The normalized spacial score (nSPS) is 10.6. The lowest BCUT2D eigenvalue weighted by atomic mass is 10.1. The summed E-state index contributed by atoms with van der Waals surface area (Å²) < 4.78 is 0.793. The van der Waals surface area contributed by atoms with Crippen LogP contribution in [0, 0.1) is 6.92 Å². The summed E-state index contributed by atoms with van der Waals surface area (Å²) in [6.07, 6.45) is 0. The zero-order chi connectivity index (χ0) is 21.8. The number of aryl methyl sites for hydroxylation is 1. The van der Waals surface area contributed by atoms with E-state index in [4.69, 9.17) is 11.6 Å². The Balaban J connectivity index is 1.44. The maximum atomic E-state index is 12.7. The van der Waals surface area contributed by atoms with Crippen molar-refractivity contribution in [2.75, 3.05) is 10.6 Å². The lowest BCUT2D eigenvalue weighted by Gasteiger charge is -2.10. The van der Waals surface area contributed by atoms with Crippen molar-refractivity contribution in [1.29, 1.82) is 0 Å². The van der Waals surface area contributed by atoms with Crippen molar-refractivity contribution in [3.63, 3.8) is 0 Å². The van der Waals surface area contributed by atoms with E-state index in [1.165, 1.54) is 11.3 Å². The molecular formula is C23H19ClN4O2S. The maximum Gasteiger partial charge on any atom is 0.321 e. The first-order valence-corrected chi connectivity index (χ1v) is 10.7. The van der Waals surface area contributed by atoms with Crippen molar-refractivity contribution >= 4 is 55.9 Å². The number of hydrogen-bond donors (Lipinski definition) is 3. The third-order valence-corrected chi connectivity index (χ3v) is 5.88. The van der Waals surface area contributed by atoms with E-state index in [1.807, 2.05) is 49.4 Å². The van der Waals surface area contributed by atoms with E-state index in [9.17, 15) is 9.59 Å². The van der Waals surface area contributed by atoms with E-state index >= 15 is 0 Å². The summed E-state index contributed by atoms with van der Waals surface area (Å²) in [5.74, 6) is -0.262. The van der Waals surface area contributed by atoms with Gasteiger partial charge in [-0.1, -0.05) is 65.4 Å². The Hall–Kier alpha value is -3.42. The number of thiazole rings is 1. The molecule has 3 aromatic carbocycles. The van der Waals surface area contributed by atoms with Crippen molar-refractivity contribution in [1.82, 2.24) is 10.3 Å². The molecule has 31 heavy (non-hydrogen) atoms.